The van der Waals surface area contributed by atoms with E-state index in [9.17, 15) is 8.96 Å². The van der Waals surface area contributed by atoms with Crippen molar-refractivity contribution in [2.75, 3.05) is 18.5 Å². The first-order valence-corrected chi connectivity index (χ1v) is 14.4. The molecule has 1 aliphatic rings. The molecule has 0 saturated heterocycles. The Kier molecular flexibility index (Phi) is 9.81. The van der Waals surface area contributed by atoms with Crippen molar-refractivity contribution in [3.05, 3.63) is 65.5 Å². The summed E-state index contributed by atoms with van der Waals surface area (Å²) < 4.78 is 25.3. The van der Waals surface area contributed by atoms with Crippen molar-refractivity contribution in [1.29, 1.82) is 0 Å². The lowest BCUT2D eigenvalue weighted by Crippen LogP contribution is -2.23. The second kappa shape index (κ2) is 12.3. The average molecular weight is 480 g/mol. The van der Waals surface area contributed by atoms with Crippen molar-refractivity contribution in [3.8, 4) is 0 Å². The van der Waals surface area contributed by atoms with Gasteiger partial charge in [-0.15, -0.1) is 11.8 Å². The molecule has 3 N–H and O–H groups in total. The van der Waals surface area contributed by atoms with Crippen molar-refractivity contribution in [2.45, 2.75) is 68.2 Å². The molecular weight excluding hydrogens is 444 g/mol. The number of halogens is 1. The first-order chi connectivity index (χ1) is 15.4. The molecule has 1 saturated carbocycles. The molecule has 0 bridgehead atoms. The van der Waals surface area contributed by atoms with E-state index in [2.05, 4.69) is 29.6 Å². The van der Waals surface area contributed by atoms with Crippen LogP contribution in [0.2, 0.25) is 0 Å². The summed E-state index contributed by atoms with van der Waals surface area (Å²) in [6, 6.07) is 15.8. The van der Waals surface area contributed by atoms with Gasteiger partial charge in [0.1, 0.15) is 5.82 Å². The van der Waals surface area contributed by atoms with Gasteiger partial charge < -0.3 is 15.1 Å². The van der Waals surface area contributed by atoms with Gasteiger partial charge in [-0.25, -0.2) is 4.39 Å². The molecule has 0 atom stereocenters. The predicted molar refractivity (Wildman–Crippen MR) is 131 cm³/mol. The minimum Gasteiger partial charge on any atom is -0.324 e. The Balaban J connectivity index is 1.36. The highest BCUT2D eigenvalue weighted by Gasteiger charge is 2.36. The standard InChI is InChI=1S/C25H35FNO3PS/c26-24-9-2-1-8-23(24)25(14-3-4-15-25)16-5-6-19-32-22-12-10-21(11-13-22)20-27-17-7-18-31(28,29)30/h1-2,8-13,27H,3-7,14-20H2,(H2,28,29,30). The van der Waals surface area contributed by atoms with Crippen LogP contribution in [0.4, 0.5) is 4.39 Å². The molecule has 0 aromatic heterocycles. The van der Waals surface area contributed by atoms with Gasteiger partial charge in [-0.2, -0.15) is 0 Å². The lowest BCUT2D eigenvalue weighted by Gasteiger charge is -2.30. The number of nitrogens with one attached hydrogen (secondary N) is 1. The van der Waals surface area contributed by atoms with Crippen LogP contribution in [0.15, 0.2) is 53.4 Å². The topological polar surface area (TPSA) is 69.6 Å². The fraction of sp³-hybridized carbons (Fsp3) is 0.520. The van der Waals surface area contributed by atoms with Crippen LogP contribution in [-0.4, -0.2) is 28.2 Å². The summed E-state index contributed by atoms with van der Waals surface area (Å²) in [4.78, 5) is 19.0. The SMILES string of the molecule is O=P(O)(O)CCCNCc1ccc(SCCCCC2(c3ccccc3F)CCCC2)cc1. The highest BCUT2D eigenvalue weighted by molar-refractivity contribution is 7.99. The van der Waals surface area contributed by atoms with Crippen LogP contribution in [0.5, 0.6) is 0 Å². The summed E-state index contributed by atoms with van der Waals surface area (Å²) in [6.07, 6.45) is 8.34. The van der Waals surface area contributed by atoms with Gasteiger partial charge in [-0.3, -0.25) is 4.57 Å². The van der Waals surface area contributed by atoms with E-state index in [4.69, 9.17) is 9.79 Å². The second-order valence-electron chi connectivity index (χ2n) is 8.84. The molecule has 0 aliphatic heterocycles. The van der Waals surface area contributed by atoms with Crippen LogP contribution < -0.4 is 5.32 Å². The lowest BCUT2D eigenvalue weighted by molar-refractivity contribution is 0.371. The molecular formula is C25H35FNO3PS. The summed E-state index contributed by atoms with van der Waals surface area (Å²) in [5.41, 5.74) is 2.13. The van der Waals surface area contributed by atoms with E-state index in [0.29, 0.717) is 19.5 Å². The van der Waals surface area contributed by atoms with E-state index in [1.165, 1.54) is 23.3 Å². The van der Waals surface area contributed by atoms with Crippen molar-refractivity contribution in [2.24, 2.45) is 0 Å². The highest BCUT2D eigenvalue weighted by Crippen LogP contribution is 2.45. The van der Waals surface area contributed by atoms with Gasteiger partial charge in [0.15, 0.2) is 0 Å². The fourth-order valence-corrected chi connectivity index (χ4v) is 6.18. The normalized spacial score (nSPS) is 15.8. The maximum absolute atomic E-state index is 14.4. The third-order valence-electron chi connectivity index (χ3n) is 6.38. The summed E-state index contributed by atoms with van der Waals surface area (Å²) in [5.74, 6) is 1.02. The Morgan fingerprint density at radius 2 is 1.72 bits per heavy atom. The predicted octanol–water partition coefficient (Wildman–Crippen LogP) is 6.26. The Hall–Kier alpha value is -1.17. The van der Waals surface area contributed by atoms with Gasteiger partial charge in [0.25, 0.3) is 0 Å². The minimum atomic E-state index is -3.89. The number of thioether (sulfide) groups is 1. The number of unbranched alkanes of at least 4 members (excludes halogenated alkanes) is 1. The van der Waals surface area contributed by atoms with Crippen LogP contribution >= 0.6 is 19.4 Å². The molecule has 2 aromatic carbocycles. The van der Waals surface area contributed by atoms with E-state index >= 15 is 0 Å². The van der Waals surface area contributed by atoms with Crippen LogP contribution in [0.25, 0.3) is 0 Å². The van der Waals surface area contributed by atoms with Gasteiger partial charge in [0, 0.05) is 11.4 Å². The second-order valence-corrected chi connectivity index (χ2v) is 11.8. The first-order valence-electron chi connectivity index (χ1n) is 11.6. The maximum Gasteiger partial charge on any atom is 0.325 e. The van der Waals surface area contributed by atoms with Crippen molar-refractivity contribution >= 4 is 19.4 Å². The third kappa shape index (κ3) is 8.00. The zero-order chi connectivity index (χ0) is 22.9. The van der Waals surface area contributed by atoms with E-state index < -0.39 is 7.60 Å². The average Bonchev–Trinajstić information content (AvgIpc) is 3.23. The summed E-state index contributed by atoms with van der Waals surface area (Å²) in [7, 11) is -3.89. The molecule has 2 aromatic rings. The molecule has 7 heteroatoms. The summed E-state index contributed by atoms with van der Waals surface area (Å²) in [6.45, 7) is 1.29. The molecule has 1 fully saturated rings. The number of hydrogen-bond acceptors (Lipinski definition) is 3. The Morgan fingerprint density at radius 1 is 1.00 bits per heavy atom. The van der Waals surface area contributed by atoms with E-state index in [1.54, 1.807) is 12.1 Å². The molecule has 0 spiro atoms. The van der Waals surface area contributed by atoms with Crippen LogP contribution in [-0.2, 0) is 16.5 Å². The molecule has 0 heterocycles. The molecule has 176 valence electrons. The number of hydrogen-bond donors (Lipinski definition) is 3. The lowest BCUT2D eigenvalue weighted by atomic mass is 9.75. The van der Waals surface area contributed by atoms with Crippen LogP contribution in [0, 0.1) is 5.82 Å². The molecule has 1 aliphatic carbocycles. The first kappa shape index (κ1) is 25.5. The van der Waals surface area contributed by atoms with Gasteiger partial charge in [-0.1, -0.05) is 49.6 Å². The quantitative estimate of drug-likeness (QED) is 0.180. The van der Waals surface area contributed by atoms with Gasteiger partial charge in [-0.05, 0) is 79.1 Å². The van der Waals surface area contributed by atoms with E-state index in [1.807, 2.05) is 23.9 Å². The summed E-state index contributed by atoms with van der Waals surface area (Å²) >= 11 is 1.86. The minimum absolute atomic E-state index is 0.0376. The Morgan fingerprint density at radius 3 is 2.41 bits per heavy atom. The maximum atomic E-state index is 14.4. The monoisotopic (exact) mass is 479 g/mol. The molecule has 3 rings (SSSR count). The number of benzene rings is 2. The van der Waals surface area contributed by atoms with E-state index in [-0.39, 0.29) is 17.4 Å². The Bertz CT molecular complexity index is 881. The van der Waals surface area contributed by atoms with Crippen molar-refractivity contribution in [3.63, 3.8) is 0 Å². The largest absolute Gasteiger partial charge is 0.325 e. The van der Waals surface area contributed by atoms with E-state index in [0.717, 1.165) is 43.4 Å². The van der Waals surface area contributed by atoms with Gasteiger partial charge in [0.2, 0.25) is 0 Å². The molecule has 0 amide bonds. The third-order valence-corrected chi connectivity index (χ3v) is 8.38. The zero-order valence-electron chi connectivity index (χ0n) is 18.6. The van der Waals surface area contributed by atoms with Crippen LogP contribution in [0.1, 0.15) is 62.5 Å². The Labute approximate surface area is 195 Å². The molecule has 32 heavy (non-hydrogen) atoms. The molecule has 0 radical (unpaired) electrons. The summed E-state index contributed by atoms with van der Waals surface area (Å²) in [5, 5.41) is 3.22. The molecule has 0 unspecified atom stereocenters. The van der Waals surface area contributed by atoms with Crippen molar-refractivity contribution in [1.82, 2.24) is 5.32 Å². The number of rotatable bonds is 13. The zero-order valence-corrected chi connectivity index (χ0v) is 20.4. The van der Waals surface area contributed by atoms with Gasteiger partial charge >= 0.3 is 7.60 Å². The van der Waals surface area contributed by atoms with Crippen LogP contribution in [0.3, 0.4) is 0 Å². The fourth-order valence-electron chi connectivity index (χ4n) is 4.70. The molecule has 4 nitrogen and oxygen atoms in total. The smallest absolute Gasteiger partial charge is 0.324 e. The van der Waals surface area contributed by atoms with Gasteiger partial charge in [0.05, 0.1) is 6.16 Å². The van der Waals surface area contributed by atoms with Crippen molar-refractivity contribution < 1.29 is 18.7 Å². The highest BCUT2D eigenvalue weighted by atomic mass is 32.2.